The van der Waals surface area contributed by atoms with E-state index in [9.17, 15) is 13.2 Å². The molecule has 2 aliphatic rings. The number of benzene rings is 1. The molecule has 1 N–H and O–H groups in total. The third-order valence-electron chi connectivity index (χ3n) is 5.49. The molecule has 1 aromatic heterocycles. The van der Waals surface area contributed by atoms with Gasteiger partial charge >= 0.3 is 0 Å². The number of nitrogens with zero attached hydrogens (tertiary/aromatic N) is 3. The standard InChI is InChI=1S/C22H28N4O5S2/c1-17(22(27)24-18-2-4-19(5-3-18)25-8-12-30-13-9-25)32-21-7-6-20(16-23-21)33(28,29)26-10-14-31-15-11-26/h2-7,16-17H,8-15H2,1H3,(H,24,27). The van der Waals surface area contributed by atoms with E-state index < -0.39 is 15.3 Å². The number of hydrogen-bond acceptors (Lipinski definition) is 8. The van der Waals surface area contributed by atoms with E-state index in [0.717, 1.165) is 37.7 Å². The normalized spacial score (nSPS) is 18.6. The van der Waals surface area contributed by atoms with Crippen molar-refractivity contribution >= 4 is 39.1 Å². The summed E-state index contributed by atoms with van der Waals surface area (Å²) >= 11 is 1.28. The van der Waals surface area contributed by atoms with Crippen molar-refractivity contribution in [2.45, 2.75) is 22.1 Å². The summed E-state index contributed by atoms with van der Waals surface area (Å²) < 4.78 is 37.4. The monoisotopic (exact) mass is 492 g/mol. The number of amides is 1. The molecule has 0 saturated carbocycles. The number of aromatic nitrogens is 1. The first kappa shape index (κ1) is 24.0. The van der Waals surface area contributed by atoms with Crippen molar-refractivity contribution in [1.29, 1.82) is 0 Å². The highest BCUT2D eigenvalue weighted by atomic mass is 32.2. The summed E-state index contributed by atoms with van der Waals surface area (Å²) in [5.74, 6) is -0.147. The summed E-state index contributed by atoms with van der Waals surface area (Å²) in [4.78, 5) is 19.3. The number of sulfonamides is 1. The van der Waals surface area contributed by atoms with Gasteiger partial charge in [-0.2, -0.15) is 4.31 Å². The highest BCUT2D eigenvalue weighted by Crippen LogP contribution is 2.25. The van der Waals surface area contributed by atoms with E-state index >= 15 is 0 Å². The Balaban J connectivity index is 1.32. The topological polar surface area (TPSA) is 101 Å². The van der Waals surface area contributed by atoms with Gasteiger partial charge in [-0.1, -0.05) is 11.8 Å². The van der Waals surface area contributed by atoms with Gasteiger partial charge in [0.05, 0.1) is 36.7 Å². The molecule has 1 unspecified atom stereocenters. The number of ether oxygens (including phenoxy) is 2. The van der Waals surface area contributed by atoms with E-state index in [1.807, 2.05) is 24.3 Å². The van der Waals surface area contributed by atoms with Gasteiger partial charge in [0.2, 0.25) is 15.9 Å². The molecule has 9 nitrogen and oxygen atoms in total. The lowest BCUT2D eigenvalue weighted by molar-refractivity contribution is -0.115. The first-order chi connectivity index (χ1) is 15.9. The van der Waals surface area contributed by atoms with Crippen LogP contribution in [0.2, 0.25) is 0 Å². The van der Waals surface area contributed by atoms with Crippen LogP contribution in [-0.4, -0.2) is 81.5 Å². The molecule has 1 amide bonds. The molecule has 0 bridgehead atoms. The molecule has 0 radical (unpaired) electrons. The zero-order valence-corrected chi connectivity index (χ0v) is 20.1. The summed E-state index contributed by atoms with van der Waals surface area (Å²) in [5, 5.41) is 3.11. The van der Waals surface area contributed by atoms with Crippen LogP contribution in [0.25, 0.3) is 0 Å². The minimum Gasteiger partial charge on any atom is -0.379 e. The second-order valence-corrected chi connectivity index (χ2v) is 11.0. The summed E-state index contributed by atoms with van der Waals surface area (Å²) in [7, 11) is -3.58. The van der Waals surface area contributed by atoms with Crippen LogP contribution in [0.5, 0.6) is 0 Å². The lowest BCUT2D eigenvalue weighted by atomic mass is 10.2. The molecule has 11 heteroatoms. The Kier molecular flexibility index (Phi) is 7.86. The fraction of sp³-hybridized carbons (Fsp3) is 0.455. The lowest BCUT2D eigenvalue weighted by Gasteiger charge is -2.28. The molecule has 4 rings (SSSR count). The Morgan fingerprint density at radius 1 is 1.00 bits per heavy atom. The second kappa shape index (κ2) is 10.8. The number of carbonyl (C=O) groups is 1. The number of pyridine rings is 1. The number of thioether (sulfide) groups is 1. The number of hydrogen-bond donors (Lipinski definition) is 1. The van der Waals surface area contributed by atoms with E-state index in [-0.39, 0.29) is 10.8 Å². The van der Waals surface area contributed by atoms with E-state index in [1.54, 1.807) is 13.0 Å². The second-order valence-electron chi connectivity index (χ2n) is 7.74. The molecule has 0 spiro atoms. The van der Waals surface area contributed by atoms with Crippen molar-refractivity contribution in [2.24, 2.45) is 0 Å². The smallest absolute Gasteiger partial charge is 0.244 e. The molecule has 178 valence electrons. The molecular weight excluding hydrogens is 464 g/mol. The minimum atomic E-state index is -3.58. The Morgan fingerprint density at radius 3 is 2.24 bits per heavy atom. The van der Waals surface area contributed by atoms with Gasteiger partial charge in [-0.05, 0) is 43.3 Å². The predicted molar refractivity (Wildman–Crippen MR) is 127 cm³/mol. The van der Waals surface area contributed by atoms with Gasteiger partial charge in [0.1, 0.15) is 4.90 Å². The van der Waals surface area contributed by atoms with E-state index in [4.69, 9.17) is 9.47 Å². The summed E-state index contributed by atoms with van der Waals surface area (Å²) in [6.45, 7) is 6.42. The highest BCUT2D eigenvalue weighted by molar-refractivity contribution is 8.00. The molecule has 0 aliphatic carbocycles. The van der Waals surface area contributed by atoms with Gasteiger partial charge in [0.25, 0.3) is 0 Å². The molecule has 33 heavy (non-hydrogen) atoms. The first-order valence-corrected chi connectivity index (χ1v) is 13.2. The van der Waals surface area contributed by atoms with Crippen LogP contribution in [0.15, 0.2) is 52.5 Å². The molecule has 2 fully saturated rings. The largest absolute Gasteiger partial charge is 0.379 e. The van der Waals surface area contributed by atoms with Gasteiger partial charge in [-0.25, -0.2) is 13.4 Å². The van der Waals surface area contributed by atoms with Crippen molar-refractivity contribution in [1.82, 2.24) is 9.29 Å². The van der Waals surface area contributed by atoms with Crippen molar-refractivity contribution in [2.75, 3.05) is 62.8 Å². The Bertz CT molecular complexity index is 1040. The summed E-state index contributed by atoms with van der Waals surface area (Å²) in [6.07, 6.45) is 1.35. The Labute approximate surface area is 198 Å². The number of carbonyl (C=O) groups excluding carboxylic acids is 1. The molecular formula is C22H28N4O5S2. The van der Waals surface area contributed by atoms with Crippen LogP contribution < -0.4 is 10.2 Å². The van der Waals surface area contributed by atoms with Crippen LogP contribution >= 0.6 is 11.8 Å². The average Bonchev–Trinajstić information content (AvgIpc) is 2.86. The van der Waals surface area contributed by atoms with Crippen LogP contribution in [-0.2, 0) is 24.3 Å². The van der Waals surface area contributed by atoms with Gasteiger partial charge in [0, 0.05) is 43.8 Å². The van der Waals surface area contributed by atoms with Crippen molar-refractivity contribution < 1.29 is 22.7 Å². The molecule has 3 heterocycles. The summed E-state index contributed by atoms with van der Waals surface area (Å²) in [6, 6.07) is 10.9. The SMILES string of the molecule is CC(Sc1ccc(S(=O)(=O)N2CCOCC2)cn1)C(=O)Nc1ccc(N2CCOCC2)cc1. The first-order valence-electron chi connectivity index (χ1n) is 10.9. The fourth-order valence-electron chi connectivity index (χ4n) is 3.58. The molecule has 2 aliphatic heterocycles. The van der Waals surface area contributed by atoms with E-state index in [0.29, 0.717) is 31.3 Å². The molecule has 2 saturated heterocycles. The van der Waals surface area contributed by atoms with Gasteiger partial charge < -0.3 is 19.7 Å². The van der Waals surface area contributed by atoms with E-state index in [2.05, 4.69) is 15.2 Å². The maximum Gasteiger partial charge on any atom is 0.244 e. The number of rotatable bonds is 7. The van der Waals surface area contributed by atoms with Crippen LogP contribution in [0, 0.1) is 0 Å². The number of morpholine rings is 2. The van der Waals surface area contributed by atoms with Gasteiger partial charge in [-0.3, -0.25) is 4.79 Å². The number of anilines is 2. The maximum absolute atomic E-state index is 12.7. The molecule has 2 aromatic rings. The zero-order chi connectivity index (χ0) is 23.3. The lowest BCUT2D eigenvalue weighted by Crippen LogP contribution is -2.40. The fourth-order valence-corrected chi connectivity index (χ4v) is 5.72. The van der Waals surface area contributed by atoms with Crippen LogP contribution in [0.3, 0.4) is 0 Å². The third kappa shape index (κ3) is 6.04. The van der Waals surface area contributed by atoms with Gasteiger partial charge in [0.15, 0.2) is 0 Å². The number of nitrogens with one attached hydrogen (secondary N) is 1. The highest BCUT2D eigenvalue weighted by Gasteiger charge is 2.26. The summed E-state index contributed by atoms with van der Waals surface area (Å²) in [5.41, 5.74) is 1.83. The zero-order valence-electron chi connectivity index (χ0n) is 18.5. The van der Waals surface area contributed by atoms with Crippen LogP contribution in [0.4, 0.5) is 11.4 Å². The third-order valence-corrected chi connectivity index (χ3v) is 8.43. The van der Waals surface area contributed by atoms with Crippen LogP contribution in [0.1, 0.15) is 6.92 Å². The van der Waals surface area contributed by atoms with Gasteiger partial charge in [-0.15, -0.1) is 0 Å². The maximum atomic E-state index is 12.7. The van der Waals surface area contributed by atoms with Crippen molar-refractivity contribution in [3.05, 3.63) is 42.6 Å². The predicted octanol–water partition coefficient (Wildman–Crippen LogP) is 2.06. The minimum absolute atomic E-state index is 0.145. The molecule has 1 atom stereocenters. The van der Waals surface area contributed by atoms with Crippen molar-refractivity contribution in [3.63, 3.8) is 0 Å². The van der Waals surface area contributed by atoms with E-state index in [1.165, 1.54) is 28.3 Å². The Morgan fingerprint density at radius 2 is 1.64 bits per heavy atom. The van der Waals surface area contributed by atoms with Crippen molar-refractivity contribution in [3.8, 4) is 0 Å². The quantitative estimate of drug-likeness (QED) is 0.586. The Hall–Kier alpha value is -2.18. The average molecular weight is 493 g/mol. The molecule has 1 aromatic carbocycles.